The normalized spacial score (nSPS) is 14.4. The summed E-state index contributed by atoms with van der Waals surface area (Å²) >= 11 is 0. The molecule has 0 radical (unpaired) electrons. The number of benzene rings is 1. The van der Waals surface area contributed by atoms with Gasteiger partial charge in [0.25, 0.3) is 5.91 Å². The SMILES string of the molecule is CCN(CC)c1ccc(NC(=O)c2ccnc(NCCN3CCOCC3)n2)cc1. The minimum absolute atomic E-state index is 0.251. The molecule has 0 spiro atoms. The van der Waals surface area contributed by atoms with Gasteiger partial charge < -0.3 is 20.3 Å². The van der Waals surface area contributed by atoms with E-state index in [-0.39, 0.29) is 5.91 Å². The molecule has 0 atom stereocenters. The van der Waals surface area contributed by atoms with Crippen LogP contribution in [0.15, 0.2) is 36.5 Å². The highest BCUT2D eigenvalue weighted by Gasteiger charge is 2.12. The molecule has 8 nitrogen and oxygen atoms in total. The number of nitrogens with zero attached hydrogens (tertiary/aromatic N) is 4. The maximum atomic E-state index is 12.6. The highest BCUT2D eigenvalue weighted by molar-refractivity contribution is 6.03. The van der Waals surface area contributed by atoms with Gasteiger partial charge in [0, 0.05) is 56.8 Å². The van der Waals surface area contributed by atoms with E-state index in [0.29, 0.717) is 11.6 Å². The second kappa shape index (κ2) is 10.7. The Morgan fingerprint density at radius 3 is 2.55 bits per heavy atom. The first-order valence-corrected chi connectivity index (χ1v) is 10.2. The molecular weight excluding hydrogens is 368 g/mol. The van der Waals surface area contributed by atoms with Crippen LogP contribution in [0.3, 0.4) is 0 Å². The summed E-state index contributed by atoms with van der Waals surface area (Å²) in [5, 5.41) is 6.09. The van der Waals surface area contributed by atoms with Gasteiger partial charge in [-0.25, -0.2) is 9.97 Å². The van der Waals surface area contributed by atoms with Crippen molar-refractivity contribution in [1.29, 1.82) is 0 Å². The van der Waals surface area contributed by atoms with E-state index in [4.69, 9.17) is 4.74 Å². The minimum Gasteiger partial charge on any atom is -0.379 e. The number of morpholine rings is 1. The standard InChI is InChI=1S/C21H30N6O2/c1-3-27(4-2)18-7-5-17(6-8-18)24-20(28)19-9-10-22-21(25-19)23-11-12-26-13-15-29-16-14-26/h5-10H,3-4,11-16H2,1-2H3,(H,24,28)(H,22,23,25). The molecule has 1 amide bonds. The first-order chi connectivity index (χ1) is 14.2. The molecule has 0 aliphatic carbocycles. The average molecular weight is 399 g/mol. The summed E-state index contributed by atoms with van der Waals surface area (Å²) in [7, 11) is 0. The van der Waals surface area contributed by atoms with Gasteiger partial charge in [-0.3, -0.25) is 9.69 Å². The Hall–Kier alpha value is -2.71. The Labute approximate surface area is 172 Å². The fourth-order valence-corrected chi connectivity index (χ4v) is 3.26. The van der Waals surface area contributed by atoms with Gasteiger partial charge in [0.2, 0.25) is 5.95 Å². The summed E-state index contributed by atoms with van der Waals surface area (Å²) in [5.41, 5.74) is 2.22. The first kappa shape index (κ1) is 21.0. The van der Waals surface area contributed by atoms with E-state index in [1.165, 1.54) is 0 Å². The number of anilines is 3. The van der Waals surface area contributed by atoms with Gasteiger partial charge in [-0.2, -0.15) is 0 Å². The van der Waals surface area contributed by atoms with Crippen molar-refractivity contribution < 1.29 is 9.53 Å². The molecule has 29 heavy (non-hydrogen) atoms. The molecule has 0 unspecified atom stereocenters. The van der Waals surface area contributed by atoms with Crippen LogP contribution in [0, 0.1) is 0 Å². The van der Waals surface area contributed by atoms with Gasteiger partial charge in [0.1, 0.15) is 5.69 Å². The van der Waals surface area contributed by atoms with Crippen LogP contribution in [0.2, 0.25) is 0 Å². The van der Waals surface area contributed by atoms with E-state index < -0.39 is 0 Å². The van der Waals surface area contributed by atoms with Gasteiger partial charge in [-0.15, -0.1) is 0 Å². The fourth-order valence-electron chi connectivity index (χ4n) is 3.26. The van der Waals surface area contributed by atoms with E-state index >= 15 is 0 Å². The predicted octanol–water partition coefficient (Wildman–Crippen LogP) is 2.32. The lowest BCUT2D eigenvalue weighted by molar-refractivity contribution is 0.0398. The van der Waals surface area contributed by atoms with Crippen LogP contribution in [0.4, 0.5) is 17.3 Å². The number of carbonyl (C=O) groups is 1. The lowest BCUT2D eigenvalue weighted by atomic mass is 10.2. The van der Waals surface area contributed by atoms with E-state index in [0.717, 1.165) is 63.9 Å². The van der Waals surface area contributed by atoms with Gasteiger partial charge in [0.15, 0.2) is 0 Å². The molecule has 1 aromatic heterocycles. The van der Waals surface area contributed by atoms with Crippen LogP contribution < -0.4 is 15.5 Å². The maximum Gasteiger partial charge on any atom is 0.274 e. The van der Waals surface area contributed by atoms with E-state index in [1.807, 2.05) is 24.3 Å². The third kappa shape index (κ3) is 6.13. The Balaban J connectivity index is 1.53. The lowest BCUT2D eigenvalue weighted by Gasteiger charge is -2.26. The predicted molar refractivity (Wildman–Crippen MR) is 116 cm³/mol. The van der Waals surface area contributed by atoms with Crippen molar-refractivity contribution in [3.8, 4) is 0 Å². The third-order valence-corrected chi connectivity index (χ3v) is 4.96. The van der Waals surface area contributed by atoms with E-state index in [1.54, 1.807) is 12.3 Å². The Morgan fingerprint density at radius 1 is 1.14 bits per heavy atom. The second-order valence-electron chi connectivity index (χ2n) is 6.82. The lowest BCUT2D eigenvalue weighted by Crippen LogP contribution is -2.39. The van der Waals surface area contributed by atoms with Crippen LogP contribution in [0.1, 0.15) is 24.3 Å². The molecule has 1 fully saturated rings. The van der Waals surface area contributed by atoms with Gasteiger partial charge in [-0.05, 0) is 44.2 Å². The van der Waals surface area contributed by atoms with Crippen LogP contribution in [-0.2, 0) is 4.74 Å². The molecule has 3 rings (SSSR count). The molecule has 2 aromatic rings. The first-order valence-electron chi connectivity index (χ1n) is 10.2. The quantitative estimate of drug-likeness (QED) is 0.671. The van der Waals surface area contributed by atoms with E-state index in [2.05, 4.69) is 44.2 Å². The molecule has 1 aliphatic rings. The fraction of sp³-hybridized carbons (Fsp3) is 0.476. The zero-order chi connectivity index (χ0) is 20.5. The Kier molecular flexibility index (Phi) is 7.77. The van der Waals surface area contributed by atoms with Crippen molar-refractivity contribution in [2.45, 2.75) is 13.8 Å². The molecule has 1 aliphatic heterocycles. The van der Waals surface area contributed by atoms with Gasteiger partial charge in [-0.1, -0.05) is 0 Å². The molecule has 2 N–H and O–H groups in total. The number of hydrogen-bond acceptors (Lipinski definition) is 7. The highest BCUT2D eigenvalue weighted by Crippen LogP contribution is 2.18. The number of carbonyl (C=O) groups excluding carboxylic acids is 1. The summed E-state index contributed by atoms with van der Waals surface area (Å²) in [5.74, 6) is 0.210. The molecule has 1 aromatic carbocycles. The number of nitrogens with one attached hydrogen (secondary N) is 2. The summed E-state index contributed by atoms with van der Waals surface area (Å²) in [6, 6.07) is 9.47. The second-order valence-corrected chi connectivity index (χ2v) is 6.82. The van der Waals surface area contributed by atoms with Crippen molar-refractivity contribution in [3.63, 3.8) is 0 Å². The number of ether oxygens (including phenoxy) is 1. The Morgan fingerprint density at radius 2 is 1.86 bits per heavy atom. The number of hydrogen-bond donors (Lipinski definition) is 2. The zero-order valence-corrected chi connectivity index (χ0v) is 17.2. The largest absolute Gasteiger partial charge is 0.379 e. The highest BCUT2D eigenvalue weighted by atomic mass is 16.5. The molecule has 1 saturated heterocycles. The Bertz CT molecular complexity index is 773. The van der Waals surface area contributed by atoms with Crippen LogP contribution >= 0.6 is 0 Å². The summed E-state index contributed by atoms with van der Waals surface area (Å²) in [6.07, 6.45) is 1.60. The van der Waals surface area contributed by atoms with Crippen molar-refractivity contribution in [2.75, 3.05) is 68.0 Å². The molecule has 0 bridgehead atoms. The third-order valence-electron chi connectivity index (χ3n) is 4.96. The van der Waals surface area contributed by atoms with Crippen molar-refractivity contribution >= 4 is 23.2 Å². The molecule has 8 heteroatoms. The molecule has 0 saturated carbocycles. The van der Waals surface area contributed by atoms with Gasteiger partial charge in [0.05, 0.1) is 13.2 Å². The van der Waals surface area contributed by atoms with Crippen molar-refractivity contribution in [1.82, 2.24) is 14.9 Å². The van der Waals surface area contributed by atoms with Crippen molar-refractivity contribution in [2.24, 2.45) is 0 Å². The van der Waals surface area contributed by atoms with Crippen LogP contribution in [-0.4, -0.2) is 73.3 Å². The topological polar surface area (TPSA) is 82.6 Å². The molecule has 2 heterocycles. The van der Waals surface area contributed by atoms with Crippen LogP contribution in [0.25, 0.3) is 0 Å². The van der Waals surface area contributed by atoms with Crippen molar-refractivity contribution in [3.05, 3.63) is 42.2 Å². The van der Waals surface area contributed by atoms with Crippen LogP contribution in [0.5, 0.6) is 0 Å². The smallest absolute Gasteiger partial charge is 0.274 e. The summed E-state index contributed by atoms with van der Waals surface area (Å²) in [6.45, 7) is 11.2. The average Bonchev–Trinajstić information content (AvgIpc) is 2.77. The summed E-state index contributed by atoms with van der Waals surface area (Å²) < 4.78 is 5.35. The monoisotopic (exact) mass is 398 g/mol. The zero-order valence-electron chi connectivity index (χ0n) is 17.2. The van der Waals surface area contributed by atoms with Gasteiger partial charge >= 0.3 is 0 Å². The minimum atomic E-state index is -0.251. The number of rotatable bonds is 9. The number of aromatic nitrogens is 2. The van der Waals surface area contributed by atoms with E-state index in [9.17, 15) is 4.79 Å². The number of amides is 1. The molecular formula is C21H30N6O2. The maximum absolute atomic E-state index is 12.6. The molecule has 156 valence electrons. The summed E-state index contributed by atoms with van der Waals surface area (Å²) in [4.78, 5) is 25.7.